The lowest BCUT2D eigenvalue weighted by Gasteiger charge is -2.19. The number of allylic oxidation sites excluding steroid dienone is 3. The number of ether oxygens (including phenoxy) is 5. The number of aromatic nitrogens is 13. The van der Waals surface area contributed by atoms with Gasteiger partial charge in [0.15, 0.2) is 58.8 Å². The van der Waals surface area contributed by atoms with Crippen LogP contribution in [0.25, 0.3) is 44.7 Å². The molecule has 0 radical (unpaired) electrons. The summed E-state index contributed by atoms with van der Waals surface area (Å²) in [5, 5.41) is 95.4. The van der Waals surface area contributed by atoms with Gasteiger partial charge in [0.05, 0.1) is 67.6 Å². The van der Waals surface area contributed by atoms with Crippen LogP contribution in [0.3, 0.4) is 0 Å². The van der Waals surface area contributed by atoms with Crippen molar-refractivity contribution in [3.05, 3.63) is 90.5 Å². The summed E-state index contributed by atoms with van der Waals surface area (Å²) in [5.74, 6) is 1.69. The minimum absolute atomic E-state index is 0.427. The molecule has 4 aliphatic heterocycles. The van der Waals surface area contributed by atoms with Crippen molar-refractivity contribution in [2.75, 3.05) is 133 Å². The molecule has 115 heavy (non-hydrogen) atoms. The number of pyridine rings is 3. The molecule has 30 nitrogen and oxygen atoms in total. The number of nitrogens with two attached hydrogens (primary N) is 1. The molecule has 0 amide bonds. The van der Waals surface area contributed by atoms with Gasteiger partial charge in [0.25, 0.3) is 0 Å². The average Bonchev–Trinajstić information content (AvgIpc) is 1.62. The van der Waals surface area contributed by atoms with Gasteiger partial charge in [-0.25, -0.2) is 39.9 Å². The third kappa shape index (κ3) is 23.8. The summed E-state index contributed by atoms with van der Waals surface area (Å²) < 4.78 is 36.4. The van der Waals surface area contributed by atoms with Crippen molar-refractivity contribution in [3.63, 3.8) is 0 Å². The number of fused-ring (bicyclic) bond motifs is 4. The highest BCUT2D eigenvalue weighted by molar-refractivity contribution is 7.98. The zero-order valence-corrected chi connectivity index (χ0v) is 74.4. The largest absolute Gasteiger partial charge is 0.481 e. The van der Waals surface area contributed by atoms with Crippen LogP contribution in [-0.2, 0) is 18.9 Å². The molecule has 636 valence electrons. The molecule has 0 spiro atoms. The number of aliphatic hydroxyl groups excluding tert-OH is 8. The van der Waals surface area contributed by atoms with Gasteiger partial charge in [-0.15, -0.1) is 64.5 Å². The number of anilines is 4. The Balaban J connectivity index is 0.000000176. The van der Waals surface area contributed by atoms with Crippen molar-refractivity contribution in [2.24, 2.45) is 0 Å². The molecule has 4 aliphatic rings. The number of rotatable bonds is 30. The van der Waals surface area contributed by atoms with Gasteiger partial charge in [0, 0.05) is 31.9 Å². The van der Waals surface area contributed by atoms with E-state index < -0.39 is 126 Å². The van der Waals surface area contributed by atoms with Gasteiger partial charge in [0.2, 0.25) is 5.88 Å². The highest BCUT2D eigenvalue weighted by Gasteiger charge is 2.48. The van der Waals surface area contributed by atoms with E-state index in [2.05, 4.69) is 194 Å². The highest BCUT2D eigenvalue weighted by Crippen LogP contribution is 2.45. The Hall–Kier alpha value is -6.30. The topological polar surface area (TPSA) is 406 Å². The Bertz CT molecular complexity index is 4730. The van der Waals surface area contributed by atoms with Crippen LogP contribution in [-0.4, -0.2) is 313 Å². The predicted octanol–water partition coefficient (Wildman–Crippen LogP) is 9.92. The Kier molecular flexibility index (Phi) is 32.3. The minimum atomic E-state index is -1.25. The first-order chi connectivity index (χ1) is 54.2. The molecule has 35 heteroatoms. The minimum Gasteiger partial charge on any atom is -0.481 e. The van der Waals surface area contributed by atoms with Crippen molar-refractivity contribution in [3.8, 4) is 5.88 Å². The summed E-state index contributed by atoms with van der Waals surface area (Å²) in [6, 6.07) is 5.48. The first kappa shape index (κ1) is 92.6. The Morgan fingerprint density at radius 3 is 1.29 bits per heavy atom. The number of imidazole rings is 4. The Labute approximate surface area is 681 Å². The summed E-state index contributed by atoms with van der Waals surface area (Å²) >= 11 is 1.55. The van der Waals surface area contributed by atoms with Gasteiger partial charge in [-0.1, -0.05) is 55.7 Å². The van der Waals surface area contributed by atoms with Crippen molar-refractivity contribution >= 4 is 132 Å². The lowest BCUT2D eigenvalue weighted by molar-refractivity contribution is -0.0363. The average molecular weight is 1690 g/mol. The molecule has 4 saturated heterocycles. The summed E-state index contributed by atoms with van der Waals surface area (Å²) in [6.45, 7) is 28.7. The van der Waals surface area contributed by atoms with E-state index in [1.165, 1.54) is 23.0 Å². The maximum Gasteiger partial charge on any atom is 0.217 e. The monoisotopic (exact) mass is 1690 g/mol. The van der Waals surface area contributed by atoms with Gasteiger partial charge in [-0.3, -0.25) is 18.3 Å². The van der Waals surface area contributed by atoms with Crippen LogP contribution in [0.1, 0.15) is 117 Å². The fourth-order valence-electron chi connectivity index (χ4n) is 13.5. The van der Waals surface area contributed by atoms with E-state index >= 15 is 0 Å². The van der Waals surface area contributed by atoms with Gasteiger partial charge in [0.1, 0.15) is 82.6 Å². The number of aliphatic hydroxyl groups is 8. The first-order valence-corrected chi connectivity index (χ1v) is 52.7. The number of nitrogen functional groups attached to an aromatic ring is 1. The molecule has 4 unspecified atom stereocenters. The number of aryl methyl sites for hydroxylation is 1. The van der Waals surface area contributed by atoms with Crippen LogP contribution >= 0.6 is 39.3 Å². The summed E-state index contributed by atoms with van der Waals surface area (Å²) in [7, 11) is 1.56. The molecule has 0 bridgehead atoms. The van der Waals surface area contributed by atoms with Crippen LogP contribution in [0.15, 0.2) is 89.7 Å². The summed E-state index contributed by atoms with van der Waals surface area (Å²) in [5.41, 5.74) is 16.9. The fourth-order valence-corrected chi connectivity index (χ4v) is 17.7. The molecule has 4 fully saturated rings. The number of methoxy groups -OCH3 is 1. The lowest BCUT2D eigenvalue weighted by atomic mass is 10.1. The molecular formula is C80H127N17O13P4S. The van der Waals surface area contributed by atoms with Gasteiger partial charge < -0.3 is 86.2 Å². The van der Waals surface area contributed by atoms with Crippen LogP contribution in [0, 0.1) is 6.92 Å². The molecule has 0 aromatic carbocycles. The molecular weight excluding hydrogens is 1560 g/mol. The quantitative estimate of drug-likeness (QED) is 0.0113. The Morgan fingerprint density at radius 1 is 0.496 bits per heavy atom. The molecule has 13 N–H and O–H groups in total. The van der Waals surface area contributed by atoms with Crippen molar-refractivity contribution < 1.29 is 64.5 Å². The molecule has 12 heterocycles. The third-order valence-electron chi connectivity index (χ3n) is 21.0. The maximum atomic E-state index is 10.7. The van der Waals surface area contributed by atoms with Gasteiger partial charge >= 0.3 is 0 Å². The number of nitrogens with one attached hydrogen (secondary N) is 3. The van der Waals surface area contributed by atoms with E-state index in [0.29, 0.717) is 108 Å². The predicted molar refractivity (Wildman–Crippen MR) is 478 cm³/mol. The highest BCUT2D eigenvalue weighted by atomic mass is 32.2. The number of hydrogen-bond acceptors (Lipinski definition) is 27. The summed E-state index contributed by atoms with van der Waals surface area (Å²) in [6.07, 6.45) is 29.6. The van der Waals surface area contributed by atoms with Gasteiger partial charge in [-0.05, 0) is 169 Å². The molecule has 8 aromatic rings. The van der Waals surface area contributed by atoms with E-state index in [4.69, 9.17) is 34.4 Å². The molecule has 8 aromatic heterocycles. The lowest BCUT2D eigenvalue weighted by Crippen LogP contribution is -2.32. The number of nitrogens with zero attached hydrogens (tertiary/aromatic N) is 13. The SMILES string of the molecule is C=P(C)(C)CC[C@H]1OC(n2c(C)nc3c(N)ccnc32)[C@H](O)[C@@H]1O.C=P(C)(C)CC[C@H]1OC(n2cnc3c(NC/C=C(/C)CC)cc(OC)nc32)[C@H](O)[C@@H]1O.C=P(C)(C)CC[C@H]1OC(n2cnc3c(NC/C=C(/C)CC)cc(SC)nc32)[C@H](O)[C@@H]1O.C=P(C)(C)CC[C@H]1OC(n2cnc3c(NC/C=C(/C)CC)ncnc32)[C@H](O)[C@@H]1O. The van der Waals surface area contributed by atoms with E-state index in [9.17, 15) is 40.9 Å². The third-order valence-corrected chi connectivity index (χ3v) is 27.5. The van der Waals surface area contributed by atoms with Crippen LogP contribution < -0.4 is 26.4 Å². The smallest absolute Gasteiger partial charge is 0.217 e. The van der Waals surface area contributed by atoms with E-state index in [1.54, 1.807) is 74.5 Å². The molecule has 12 rings (SSSR count). The maximum absolute atomic E-state index is 10.7. The second-order valence-electron chi connectivity index (χ2n) is 33.1. The second kappa shape index (κ2) is 40.2. The van der Waals surface area contributed by atoms with Gasteiger partial charge in [-0.2, -0.15) is 4.98 Å². The summed E-state index contributed by atoms with van der Waals surface area (Å²) in [4.78, 5) is 40.1. The second-order valence-corrected chi connectivity index (χ2v) is 51.2. The van der Waals surface area contributed by atoms with Crippen LogP contribution in [0.4, 0.5) is 22.9 Å². The normalized spacial score (nSPS) is 25.6. The first-order valence-electron chi connectivity index (χ1n) is 39.2. The van der Waals surface area contributed by atoms with E-state index in [0.717, 1.165) is 65.8 Å². The van der Waals surface area contributed by atoms with E-state index in [-0.39, 0.29) is 0 Å². The van der Waals surface area contributed by atoms with Crippen molar-refractivity contribution in [1.29, 1.82) is 0 Å². The molecule has 0 saturated carbocycles. The number of thioether (sulfide) groups is 1. The zero-order chi connectivity index (χ0) is 84.3. The Morgan fingerprint density at radius 2 is 0.878 bits per heavy atom. The van der Waals surface area contributed by atoms with E-state index in [1.807, 2.05) is 19.2 Å². The molecule has 16 atom stereocenters. The standard InChI is InChI=1S/C22H35N4O4P.C22H35N4O3PS.C20H32N5O3P.C16H25N4O3P/c1-7-14(2)8-10-23-15-12-17(29-3)25-21-18(15)24-13-26(21)22-20(28)19(27)16(30-22)9-11-31(4,5)6;1-7-14(2)8-10-23-15-12-17(31-6)25-21-18(15)24-13-26(21)22-20(28)19(27)16(29-22)9-11-30(3,4)5;1-6-13(2)7-9-21-18-15-19(23-11-22-18)25(12-24-15)20-17(27)16(26)14(28-20)8-10-29(3,4)5;1-9-19-12-10(17)5-7-18-15(12)20(9)16-14(22)13(21)11(23-16)6-8-24(2,3)4/h8,12-13,16,19-20,22,27-28H,4,7,9-11H2,1-3,5-6H3,(H,23,25);8,12-13,16,19-20,22,27-28H,3,7,9-11H2,1-2,4-6H3,(H,23,25);7,11-12,14,16-17,20,26-27H,3,6,8-10H2,1-2,4-5H3,(H,21,22,23);5,7,11,13-14,16,21-22H,2,6,8H2,1,3-4H3,(H2,17,18)/b2*14-8-;13-7-;/t2*16-,19-,20-,22?;14-,16-,17-,20?;11-,13-,14-,16?/m1111/s1. The molecule has 0 aliphatic carbocycles. The number of hydrogen-bond donors (Lipinski definition) is 12. The zero-order valence-electron chi connectivity index (χ0n) is 70.0. The van der Waals surface area contributed by atoms with Crippen LogP contribution in [0.2, 0.25) is 0 Å². The van der Waals surface area contributed by atoms with Crippen LogP contribution in [0.5, 0.6) is 5.88 Å². The van der Waals surface area contributed by atoms with Crippen molar-refractivity contribution in [2.45, 2.75) is 197 Å². The van der Waals surface area contributed by atoms with Crippen molar-refractivity contribution in [1.82, 2.24) is 63.1 Å². The fraction of sp³-hybridized carbons (Fsp3) is 0.588.